The highest BCUT2D eigenvalue weighted by Crippen LogP contribution is 2.18. The molecule has 25 heavy (non-hydrogen) atoms. The number of nitrogens with one attached hydrogen (secondary N) is 1. The highest BCUT2D eigenvalue weighted by molar-refractivity contribution is 6.04. The summed E-state index contributed by atoms with van der Waals surface area (Å²) in [4.78, 5) is 12.4. The number of unbranched alkanes of at least 4 members (excludes halogenated alkanes) is 1. The largest absolute Gasteiger partial charge is 0.322 e. The maximum absolute atomic E-state index is 12.4. The number of amides is 1. The molecule has 2 heteroatoms. The highest BCUT2D eigenvalue weighted by atomic mass is 16.1. The second-order valence-corrected chi connectivity index (χ2v) is 7.58. The van der Waals surface area contributed by atoms with Gasteiger partial charge in [-0.2, -0.15) is 0 Å². The molecule has 1 N–H and O–H groups in total. The van der Waals surface area contributed by atoms with Crippen LogP contribution in [0.15, 0.2) is 54.6 Å². The van der Waals surface area contributed by atoms with Crippen molar-refractivity contribution in [3.63, 3.8) is 0 Å². The molecule has 0 heterocycles. The van der Waals surface area contributed by atoms with Crippen LogP contribution in [0.2, 0.25) is 0 Å². The molecule has 0 fully saturated rings. The fourth-order valence-electron chi connectivity index (χ4n) is 2.43. The van der Waals surface area contributed by atoms with Gasteiger partial charge in [0.1, 0.15) is 0 Å². The molecule has 1 amide bonds. The van der Waals surface area contributed by atoms with Gasteiger partial charge in [-0.15, -0.1) is 0 Å². The van der Waals surface area contributed by atoms with E-state index in [2.05, 4.69) is 57.3 Å². The second-order valence-electron chi connectivity index (χ2n) is 7.58. The maximum atomic E-state index is 12.4. The topological polar surface area (TPSA) is 29.1 Å². The van der Waals surface area contributed by atoms with Crippen LogP contribution in [0.5, 0.6) is 0 Å². The van der Waals surface area contributed by atoms with Gasteiger partial charge in [-0.1, -0.05) is 70.5 Å². The number of carbonyl (C=O) groups excluding carboxylic acids is 1. The van der Waals surface area contributed by atoms with Crippen LogP contribution >= 0.6 is 0 Å². The Bertz CT molecular complexity index is 703. The van der Waals surface area contributed by atoms with Crippen LogP contribution in [0, 0.1) is 5.41 Å². The zero-order valence-electron chi connectivity index (χ0n) is 15.8. The Labute approximate surface area is 152 Å². The molecule has 2 nitrogen and oxygen atoms in total. The van der Waals surface area contributed by atoms with Crippen molar-refractivity contribution in [2.75, 3.05) is 5.32 Å². The lowest BCUT2D eigenvalue weighted by molar-refractivity contribution is 0.102. The molecule has 0 saturated carbocycles. The molecule has 132 valence electrons. The van der Waals surface area contributed by atoms with E-state index in [0.717, 1.165) is 17.7 Å². The molecule has 2 aromatic carbocycles. The summed E-state index contributed by atoms with van der Waals surface area (Å²) in [6, 6.07) is 15.8. The van der Waals surface area contributed by atoms with E-state index in [-0.39, 0.29) is 11.3 Å². The minimum atomic E-state index is -0.0762. The number of aryl methyl sites for hydroxylation is 1. The lowest BCUT2D eigenvalue weighted by Gasteiger charge is -2.11. The van der Waals surface area contributed by atoms with Crippen molar-refractivity contribution in [1.82, 2.24) is 0 Å². The molecule has 0 radical (unpaired) electrons. The quantitative estimate of drug-likeness (QED) is 0.655. The first-order valence-corrected chi connectivity index (χ1v) is 9.07. The Balaban J connectivity index is 1.97. The molecule has 0 aliphatic carbocycles. The Kier molecular flexibility index (Phi) is 6.58. The number of carbonyl (C=O) groups is 1. The monoisotopic (exact) mass is 335 g/mol. The van der Waals surface area contributed by atoms with Gasteiger partial charge in [-0.25, -0.2) is 0 Å². The zero-order chi connectivity index (χ0) is 18.3. The van der Waals surface area contributed by atoms with Crippen molar-refractivity contribution < 1.29 is 4.79 Å². The van der Waals surface area contributed by atoms with E-state index < -0.39 is 0 Å². The van der Waals surface area contributed by atoms with Gasteiger partial charge in [-0.3, -0.25) is 4.79 Å². The van der Waals surface area contributed by atoms with E-state index in [9.17, 15) is 4.79 Å². The number of anilines is 1. The molecule has 0 aliphatic heterocycles. The van der Waals surface area contributed by atoms with Crippen LogP contribution in [0.25, 0.3) is 6.08 Å². The normalized spacial score (nSPS) is 11.7. The maximum Gasteiger partial charge on any atom is 0.255 e. The number of rotatable bonds is 6. The Morgan fingerprint density at radius 2 is 1.64 bits per heavy atom. The average molecular weight is 335 g/mol. The zero-order valence-corrected chi connectivity index (χ0v) is 15.8. The molecule has 0 aliphatic rings. The van der Waals surface area contributed by atoms with Crippen LogP contribution in [0.4, 0.5) is 5.69 Å². The van der Waals surface area contributed by atoms with Crippen LogP contribution in [-0.2, 0) is 6.42 Å². The van der Waals surface area contributed by atoms with Gasteiger partial charge in [0.15, 0.2) is 0 Å². The molecule has 0 aromatic heterocycles. The van der Waals surface area contributed by atoms with Crippen LogP contribution in [0.1, 0.15) is 62.0 Å². The SMILES string of the molecule is CCCCc1ccc(NC(=O)c2ccc(C=CC(C)(C)C)cc2)cc1. The number of allylic oxidation sites excluding steroid dienone is 1. The third kappa shape index (κ3) is 6.58. The smallest absolute Gasteiger partial charge is 0.255 e. The van der Waals surface area contributed by atoms with Crippen LogP contribution in [0.3, 0.4) is 0 Å². The molecule has 0 spiro atoms. The van der Waals surface area contributed by atoms with E-state index in [1.807, 2.05) is 36.4 Å². The first kappa shape index (κ1) is 19.0. The van der Waals surface area contributed by atoms with Crippen molar-refractivity contribution in [3.05, 3.63) is 71.3 Å². The highest BCUT2D eigenvalue weighted by Gasteiger charge is 2.07. The first-order valence-electron chi connectivity index (χ1n) is 9.07. The predicted molar refractivity (Wildman–Crippen MR) is 108 cm³/mol. The minimum Gasteiger partial charge on any atom is -0.322 e. The van der Waals surface area contributed by atoms with E-state index in [1.165, 1.54) is 18.4 Å². The van der Waals surface area contributed by atoms with Gasteiger partial charge in [0.05, 0.1) is 0 Å². The summed E-state index contributed by atoms with van der Waals surface area (Å²) in [6.07, 6.45) is 7.74. The summed E-state index contributed by atoms with van der Waals surface area (Å²) in [7, 11) is 0. The number of benzene rings is 2. The van der Waals surface area contributed by atoms with Crippen molar-refractivity contribution in [1.29, 1.82) is 0 Å². The third-order valence-electron chi connectivity index (χ3n) is 3.98. The summed E-state index contributed by atoms with van der Waals surface area (Å²) in [5.41, 5.74) is 4.07. The van der Waals surface area contributed by atoms with Crippen molar-refractivity contribution >= 4 is 17.7 Å². The average Bonchev–Trinajstić information content (AvgIpc) is 2.59. The van der Waals surface area contributed by atoms with Crippen molar-refractivity contribution in [2.45, 2.75) is 47.0 Å². The summed E-state index contributed by atoms with van der Waals surface area (Å²) in [5.74, 6) is -0.0762. The van der Waals surface area contributed by atoms with E-state index in [4.69, 9.17) is 0 Å². The van der Waals surface area contributed by atoms with Gasteiger partial charge in [0.25, 0.3) is 5.91 Å². The molecule has 0 atom stereocenters. The number of hydrogen-bond donors (Lipinski definition) is 1. The van der Waals surface area contributed by atoms with Crippen molar-refractivity contribution in [2.24, 2.45) is 5.41 Å². The van der Waals surface area contributed by atoms with Gasteiger partial charge in [0, 0.05) is 11.3 Å². The van der Waals surface area contributed by atoms with Crippen LogP contribution < -0.4 is 5.32 Å². The van der Waals surface area contributed by atoms with E-state index in [0.29, 0.717) is 5.56 Å². The Morgan fingerprint density at radius 1 is 1.00 bits per heavy atom. The molecule has 0 saturated heterocycles. The summed E-state index contributed by atoms with van der Waals surface area (Å²) >= 11 is 0. The summed E-state index contributed by atoms with van der Waals surface area (Å²) in [6.45, 7) is 8.69. The van der Waals surface area contributed by atoms with E-state index >= 15 is 0 Å². The standard InChI is InChI=1S/C23H29NO/c1-5-6-7-18-10-14-21(15-11-18)24-22(25)20-12-8-19(9-13-20)16-17-23(2,3)4/h8-17H,5-7H2,1-4H3,(H,24,25). The fraction of sp³-hybridized carbons (Fsp3) is 0.348. The minimum absolute atomic E-state index is 0.0762. The van der Waals surface area contributed by atoms with Gasteiger partial charge < -0.3 is 5.32 Å². The first-order chi connectivity index (χ1) is 11.9. The van der Waals surface area contributed by atoms with E-state index in [1.54, 1.807) is 0 Å². The second kappa shape index (κ2) is 8.66. The lowest BCUT2D eigenvalue weighted by atomic mass is 9.95. The lowest BCUT2D eigenvalue weighted by Crippen LogP contribution is -2.11. The molecule has 0 unspecified atom stereocenters. The molecule has 2 rings (SSSR count). The Morgan fingerprint density at radius 3 is 2.20 bits per heavy atom. The Hall–Kier alpha value is -2.35. The fourth-order valence-corrected chi connectivity index (χ4v) is 2.43. The molecule has 0 bridgehead atoms. The summed E-state index contributed by atoms with van der Waals surface area (Å²) < 4.78 is 0. The van der Waals surface area contributed by atoms with Gasteiger partial charge >= 0.3 is 0 Å². The van der Waals surface area contributed by atoms with Gasteiger partial charge in [-0.05, 0) is 53.6 Å². The van der Waals surface area contributed by atoms with Crippen LogP contribution in [-0.4, -0.2) is 5.91 Å². The summed E-state index contributed by atoms with van der Waals surface area (Å²) in [5, 5.41) is 2.96. The molecule has 2 aromatic rings. The third-order valence-corrected chi connectivity index (χ3v) is 3.98. The van der Waals surface area contributed by atoms with Crippen molar-refractivity contribution in [3.8, 4) is 0 Å². The number of hydrogen-bond acceptors (Lipinski definition) is 1. The predicted octanol–water partition coefficient (Wildman–Crippen LogP) is 6.34. The molecular weight excluding hydrogens is 306 g/mol. The molecular formula is C23H29NO. The van der Waals surface area contributed by atoms with Gasteiger partial charge in [0.2, 0.25) is 0 Å².